The molecule has 0 spiro atoms. The molecular weight excluding hydrogens is 358 g/mol. The minimum absolute atomic E-state index is 0.0628. The summed E-state index contributed by atoms with van der Waals surface area (Å²) in [6, 6.07) is 1.35. The van der Waals surface area contributed by atoms with Crippen LogP contribution in [0.5, 0.6) is 0 Å². The molecule has 1 N–H and O–H groups in total. The average Bonchev–Trinajstić information content (AvgIpc) is 2.33. The monoisotopic (exact) mass is 370 g/mol. The van der Waals surface area contributed by atoms with Crippen molar-refractivity contribution in [1.82, 2.24) is 9.62 Å². The average molecular weight is 371 g/mol. The molecule has 0 saturated heterocycles. The lowest BCUT2D eigenvalue weighted by molar-refractivity contribution is -0.120. The Kier molecular flexibility index (Phi) is 5.60. The van der Waals surface area contributed by atoms with Crippen molar-refractivity contribution < 1.29 is 22.0 Å². The van der Waals surface area contributed by atoms with Crippen LogP contribution in [0, 0.1) is 11.6 Å². The highest BCUT2D eigenvalue weighted by molar-refractivity contribution is 9.10. The van der Waals surface area contributed by atoms with E-state index in [-0.39, 0.29) is 23.3 Å². The van der Waals surface area contributed by atoms with Crippen LogP contribution in [0.1, 0.15) is 6.42 Å². The molecule has 1 amide bonds. The molecule has 9 heteroatoms. The van der Waals surface area contributed by atoms with E-state index in [0.29, 0.717) is 6.07 Å². The van der Waals surface area contributed by atoms with Gasteiger partial charge in [-0.15, -0.1) is 0 Å². The number of carbonyl (C=O) groups is 1. The van der Waals surface area contributed by atoms with Gasteiger partial charge in [-0.1, -0.05) is 0 Å². The second kappa shape index (κ2) is 6.59. The maximum absolute atomic E-state index is 13.7. The standard InChI is InChI=1S/C11H13BrF2N2O3S/c1-15-10(17)3-4-16(2)20(18,19)11-8(12)5-7(13)6-9(11)14/h5-6H,3-4H2,1-2H3,(H,15,17). The van der Waals surface area contributed by atoms with Gasteiger partial charge in [-0.3, -0.25) is 4.79 Å². The number of hydrogen-bond donors (Lipinski definition) is 1. The fourth-order valence-electron chi connectivity index (χ4n) is 1.44. The smallest absolute Gasteiger partial charge is 0.246 e. The topological polar surface area (TPSA) is 66.5 Å². The Balaban J connectivity index is 3.08. The molecule has 0 aliphatic carbocycles. The van der Waals surface area contributed by atoms with Gasteiger partial charge in [0.2, 0.25) is 15.9 Å². The van der Waals surface area contributed by atoms with Gasteiger partial charge in [0.15, 0.2) is 0 Å². The summed E-state index contributed by atoms with van der Waals surface area (Å²) >= 11 is 2.83. The number of amides is 1. The molecular formula is C11H13BrF2N2O3S. The van der Waals surface area contributed by atoms with Gasteiger partial charge in [0.1, 0.15) is 16.5 Å². The first kappa shape index (κ1) is 17.0. The number of sulfonamides is 1. The van der Waals surface area contributed by atoms with E-state index >= 15 is 0 Å². The summed E-state index contributed by atoms with van der Waals surface area (Å²) in [5, 5.41) is 2.35. The molecule has 1 aromatic rings. The predicted octanol–water partition coefficient (Wildman–Crippen LogP) is 1.48. The Morgan fingerprint density at radius 1 is 1.40 bits per heavy atom. The number of benzene rings is 1. The Labute approximate surface area is 124 Å². The number of nitrogens with one attached hydrogen (secondary N) is 1. The van der Waals surface area contributed by atoms with Gasteiger partial charge in [0, 0.05) is 37.6 Å². The number of rotatable bonds is 5. The molecule has 5 nitrogen and oxygen atoms in total. The Hall–Kier alpha value is -1.06. The van der Waals surface area contributed by atoms with Gasteiger partial charge < -0.3 is 5.32 Å². The van der Waals surface area contributed by atoms with Crippen molar-refractivity contribution in [3.63, 3.8) is 0 Å². The highest BCUT2D eigenvalue weighted by Gasteiger charge is 2.28. The third-order valence-electron chi connectivity index (χ3n) is 2.56. The van der Waals surface area contributed by atoms with Gasteiger partial charge in [-0.05, 0) is 22.0 Å². The molecule has 1 rings (SSSR count). The Bertz CT molecular complexity index is 599. The molecule has 0 aromatic heterocycles. The first-order valence-electron chi connectivity index (χ1n) is 5.51. The summed E-state index contributed by atoms with van der Waals surface area (Å²) in [7, 11) is -1.52. The first-order valence-corrected chi connectivity index (χ1v) is 7.75. The third kappa shape index (κ3) is 3.74. The van der Waals surface area contributed by atoms with E-state index in [4.69, 9.17) is 0 Å². The van der Waals surface area contributed by atoms with Crippen LogP contribution in [0.4, 0.5) is 8.78 Å². The Morgan fingerprint density at radius 2 is 2.00 bits per heavy atom. The second-order valence-corrected chi connectivity index (χ2v) is 6.78. The molecule has 112 valence electrons. The lowest BCUT2D eigenvalue weighted by Gasteiger charge is -2.18. The van der Waals surface area contributed by atoms with Gasteiger partial charge in [-0.25, -0.2) is 21.5 Å². The predicted molar refractivity (Wildman–Crippen MR) is 72.6 cm³/mol. The van der Waals surface area contributed by atoms with Crippen molar-refractivity contribution in [1.29, 1.82) is 0 Å². The zero-order valence-corrected chi connectivity index (χ0v) is 13.2. The molecule has 0 aliphatic heterocycles. The van der Waals surface area contributed by atoms with Crippen molar-refractivity contribution in [3.05, 3.63) is 28.2 Å². The van der Waals surface area contributed by atoms with Crippen LogP contribution < -0.4 is 5.32 Å². The zero-order chi connectivity index (χ0) is 15.5. The summed E-state index contributed by atoms with van der Waals surface area (Å²) < 4.78 is 51.6. The van der Waals surface area contributed by atoms with E-state index in [2.05, 4.69) is 21.2 Å². The molecule has 20 heavy (non-hydrogen) atoms. The first-order chi connectivity index (χ1) is 9.20. The molecule has 1 aromatic carbocycles. The summed E-state index contributed by atoms with van der Waals surface area (Å²) in [5.41, 5.74) is 0. The van der Waals surface area contributed by atoms with E-state index in [1.807, 2.05) is 0 Å². The van der Waals surface area contributed by atoms with E-state index < -0.39 is 26.6 Å². The lowest BCUT2D eigenvalue weighted by atomic mass is 10.3. The molecule has 0 saturated carbocycles. The molecule has 0 heterocycles. The van der Waals surface area contributed by atoms with Crippen molar-refractivity contribution in [3.8, 4) is 0 Å². The number of hydrogen-bond acceptors (Lipinski definition) is 3. The van der Waals surface area contributed by atoms with Crippen LogP contribution in [-0.2, 0) is 14.8 Å². The quantitative estimate of drug-likeness (QED) is 0.853. The maximum Gasteiger partial charge on any atom is 0.246 e. The minimum Gasteiger partial charge on any atom is -0.359 e. The van der Waals surface area contributed by atoms with E-state index in [1.54, 1.807) is 0 Å². The minimum atomic E-state index is -4.16. The highest BCUT2D eigenvalue weighted by atomic mass is 79.9. The molecule has 0 aliphatic rings. The zero-order valence-electron chi connectivity index (χ0n) is 10.8. The van der Waals surface area contributed by atoms with E-state index in [1.165, 1.54) is 14.1 Å². The SMILES string of the molecule is CNC(=O)CCN(C)S(=O)(=O)c1c(F)cc(F)cc1Br. The summed E-state index contributed by atoms with van der Waals surface area (Å²) in [6.45, 7) is -0.120. The highest BCUT2D eigenvalue weighted by Crippen LogP contribution is 2.28. The second-order valence-electron chi connectivity index (χ2n) is 3.95. The normalized spacial score (nSPS) is 11.7. The van der Waals surface area contributed by atoms with Crippen molar-refractivity contribution in [2.24, 2.45) is 0 Å². The summed E-state index contributed by atoms with van der Waals surface area (Å²) in [6.07, 6.45) is -0.0628. The molecule has 0 atom stereocenters. The van der Waals surface area contributed by atoms with Crippen LogP contribution in [-0.4, -0.2) is 39.3 Å². The molecule has 0 unspecified atom stereocenters. The third-order valence-corrected chi connectivity index (χ3v) is 5.39. The van der Waals surface area contributed by atoms with Crippen LogP contribution >= 0.6 is 15.9 Å². The lowest BCUT2D eigenvalue weighted by Crippen LogP contribution is -2.32. The van der Waals surface area contributed by atoms with E-state index in [9.17, 15) is 22.0 Å². The fraction of sp³-hybridized carbons (Fsp3) is 0.364. The van der Waals surface area contributed by atoms with Crippen LogP contribution in [0.3, 0.4) is 0 Å². The molecule has 0 bridgehead atoms. The van der Waals surface area contributed by atoms with Gasteiger partial charge in [-0.2, -0.15) is 0 Å². The largest absolute Gasteiger partial charge is 0.359 e. The van der Waals surface area contributed by atoms with Gasteiger partial charge >= 0.3 is 0 Å². The number of halogens is 3. The summed E-state index contributed by atoms with van der Waals surface area (Å²) in [5.74, 6) is -2.42. The van der Waals surface area contributed by atoms with Crippen LogP contribution in [0.15, 0.2) is 21.5 Å². The van der Waals surface area contributed by atoms with Crippen LogP contribution in [0.2, 0.25) is 0 Å². The maximum atomic E-state index is 13.7. The van der Waals surface area contributed by atoms with Crippen molar-refractivity contribution in [2.75, 3.05) is 20.6 Å². The van der Waals surface area contributed by atoms with Gasteiger partial charge in [0.05, 0.1) is 0 Å². The summed E-state index contributed by atoms with van der Waals surface area (Å²) in [4.78, 5) is 10.4. The number of carbonyl (C=O) groups excluding carboxylic acids is 1. The Morgan fingerprint density at radius 3 is 2.50 bits per heavy atom. The fourth-order valence-corrected chi connectivity index (χ4v) is 3.71. The van der Waals surface area contributed by atoms with E-state index in [0.717, 1.165) is 10.4 Å². The number of nitrogens with zero attached hydrogens (tertiary/aromatic N) is 1. The molecule has 0 fully saturated rings. The van der Waals surface area contributed by atoms with Crippen molar-refractivity contribution >= 4 is 31.9 Å². The van der Waals surface area contributed by atoms with Crippen molar-refractivity contribution in [2.45, 2.75) is 11.3 Å². The van der Waals surface area contributed by atoms with Crippen LogP contribution in [0.25, 0.3) is 0 Å². The molecule has 0 radical (unpaired) electrons. The van der Waals surface area contributed by atoms with Gasteiger partial charge in [0.25, 0.3) is 0 Å².